The van der Waals surface area contributed by atoms with Gasteiger partial charge in [0.15, 0.2) is 5.96 Å². The summed E-state index contributed by atoms with van der Waals surface area (Å²) >= 11 is 0. The lowest BCUT2D eigenvalue weighted by Gasteiger charge is -2.34. The van der Waals surface area contributed by atoms with E-state index in [1.54, 1.807) is 7.11 Å². The number of nitrogens with zero attached hydrogens (tertiary/aromatic N) is 2. The quantitative estimate of drug-likeness (QED) is 0.221. The maximum atomic E-state index is 5.94. The lowest BCUT2D eigenvalue weighted by molar-refractivity contribution is 0.00992. The monoisotopic (exact) mass is 519 g/mol. The summed E-state index contributed by atoms with van der Waals surface area (Å²) in [6.45, 7) is 8.46. The van der Waals surface area contributed by atoms with Crippen LogP contribution in [0.25, 0.3) is 0 Å². The van der Waals surface area contributed by atoms with Crippen molar-refractivity contribution in [3.05, 3.63) is 29.8 Å². The Balaban J connectivity index is 0.00000420. The van der Waals surface area contributed by atoms with Gasteiger partial charge < -0.3 is 24.4 Å². The van der Waals surface area contributed by atoms with Gasteiger partial charge in [-0.25, -0.2) is 0 Å². The Morgan fingerprint density at radius 2 is 1.86 bits per heavy atom. The minimum atomic E-state index is 0. The van der Waals surface area contributed by atoms with Gasteiger partial charge in [-0.05, 0) is 57.2 Å². The van der Waals surface area contributed by atoms with Crippen molar-refractivity contribution in [2.75, 3.05) is 47.0 Å². The third kappa shape index (κ3) is 10.00. The average molecular weight is 519 g/mol. The molecule has 0 radical (unpaired) electrons. The highest BCUT2D eigenvalue weighted by molar-refractivity contribution is 14.0. The van der Waals surface area contributed by atoms with E-state index in [4.69, 9.17) is 14.2 Å². The number of hydrogen-bond donors (Lipinski definition) is 1. The van der Waals surface area contributed by atoms with Gasteiger partial charge in [-0.15, -0.1) is 24.0 Å². The summed E-state index contributed by atoms with van der Waals surface area (Å²) < 4.78 is 16.7. The van der Waals surface area contributed by atoms with Gasteiger partial charge in [-0.2, -0.15) is 0 Å². The van der Waals surface area contributed by atoms with Gasteiger partial charge >= 0.3 is 0 Å². The molecule has 6 nitrogen and oxygen atoms in total. The van der Waals surface area contributed by atoms with Crippen molar-refractivity contribution >= 4 is 29.9 Å². The van der Waals surface area contributed by atoms with E-state index in [1.807, 2.05) is 33.0 Å². The van der Waals surface area contributed by atoms with E-state index in [0.717, 1.165) is 70.2 Å². The Morgan fingerprint density at radius 3 is 2.45 bits per heavy atom. The number of ether oxygens (including phenoxy) is 3. The van der Waals surface area contributed by atoms with E-state index in [-0.39, 0.29) is 30.1 Å². The second kappa shape index (κ2) is 14.8. The van der Waals surface area contributed by atoms with Crippen molar-refractivity contribution in [1.29, 1.82) is 0 Å². The van der Waals surface area contributed by atoms with Crippen LogP contribution in [0.3, 0.4) is 0 Å². The Bertz CT molecular complexity index is 573. The minimum Gasteiger partial charge on any atom is -0.491 e. The first-order valence-electron chi connectivity index (χ1n) is 10.4. The van der Waals surface area contributed by atoms with E-state index < -0.39 is 0 Å². The van der Waals surface area contributed by atoms with Crippen molar-refractivity contribution in [3.8, 4) is 5.75 Å². The molecule has 29 heavy (non-hydrogen) atoms. The van der Waals surface area contributed by atoms with Crippen LogP contribution in [0.2, 0.25) is 0 Å². The van der Waals surface area contributed by atoms with Gasteiger partial charge in [0.05, 0.1) is 12.2 Å². The van der Waals surface area contributed by atoms with Crippen molar-refractivity contribution in [1.82, 2.24) is 10.2 Å². The summed E-state index contributed by atoms with van der Waals surface area (Å²) in [5.41, 5.74) is 1.29. The molecule has 1 aromatic rings. The Hall–Kier alpha value is -1.06. The molecular weight excluding hydrogens is 481 g/mol. The van der Waals surface area contributed by atoms with E-state index >= 15 is 0 Å². The Morgan fingerprint density at radius 1 is 1.17 bits per heavy atom. The zero-order chi connectivity index (χ0) is 20.2. The SMILES string of the molecule is CN=C(NCCc1ccc(OC(C)C)cc1)N1CCC(OCCCOC)CC1.I. The molecule has 0 atom stereocenters. The first kappa shape index (κ1) is 26.0. The van der Waals surface area contributed by atoms with Gasteiger partial charge in [-0.1, -0.05) is 12.1 Å². The zero-order valence-corrected chi connectivity index (χ0v) is 20.7. The summed E-state index contributed by atoms with van der Waals surface area (Å²) in [4.78, 5) is 6.78. The standard InChI is InChI=1S/C22H37N3O3.HI/c1-18(2)28-21-8-6-19(7-9-21)10-13-24-22(23-3)25-14-11-20(12-15-25)27-17-5-16-26-4;/h6-9,18,20H,5,10-17H2,1-4H3,(H,23,24);1H. The Labute approximate surface area is 193 Å². The topological polar surface area (TPSA) is 55.3 Å². The predicted molar refractivity (Wildman–Crippen MR) is 130 cm³/mol. The molecule has 0 amide bonds. The highest BCUT2D eigenvalue weighted by Crippen LogP contribution is 2.15. The number of hydrogen-bond acceptors (Lipinski definition) is 4. The largest absolute Gasteiger partial charge is 0.491 e. The summed E-state index contributed by atoms with van der Waals surface area (Å²) in [6, 6.07) is 8.35. The van der Waals surface area contributed by atoms with Crippen LogP contribution in [0.1, 0.15) is 38.7 Å². The molecule has 1 aliphatic heterocycles. The molecule has 1 aromatic carbocycles. The molecule has 0 bridgehead atoms. The molecular formula is C22H38IN3O3. The molecule has 0 aromatic heterocycles. The molecule has 1 fully saturated rings. The van der Waals surface area contributed by atoms with Crippen LogP contribution in [0.15, 0.2) is 29.3 Å². The van der Waals surface area contributed by atoms with Crippen molar-refractivity contribution in [2.24, 2.45) is 4.99 Å². The number of likely N-dealkylation sites (tertiary alicyclic amines) is 1. The molecule has 0 spiro atoms. The molecule has 1 N–H and O–H groups in total. The lowest BCUT2D eigenvalue weighted by atomic mass is 10.1. The normalized spacial score (nSPS) is 15.3. The van der Waals surface area contributed by atoms with Crippen LogP contribution >= 0.6 is 24.0 Å². The number of guanidine groups is 1. The van der Waals surface area contributed by atoms with Crippen molar-refractivity contribution in [3.63, 3.8) is 0 Å². The van der Waals surface area contributed by atoms with Crippen LogP contribution in [0, 0.1) is 0 Å². The third-order valence-electron chi connectivity index (χ3n) is 4.79. The first-order valence-corrected chi connectivity index (χ1v) is 10.4. The molecule has 1 heterocycles. The van der Waals surface area contributed by atoms with Crippen molar-refractivity contribution in [2.45, 2.75) is 51.7 Å². The number of methoxy groups -OCH3 is 1. The number of piperidine rings is 1. The molecule has 1 aliphatic rings. The molecule has 0 aliphatic carbocycles. The summed E-state index contributed by atoms with van der Waals surface area (Å²) in [6.07, 6.45) is 4.58. The molecule has 1 saturated heterocycles. The first-order chi connectivity index (χ1) is 13.6. The number of benzene rings is 1. The molecule has 0 unspecified atom stereocenters. The van der Waals surface area contributed by atoms with Gasteiger partial charge in [0.25, 0.3) is 0 Å². The van der Waals surface area contributed by atoms with Crippen LogP contribution in [-0.4, -0.2) is 70.1 Å². The van der Waals surface area contributed by atoms with E-state index in [0.29, 0.717) is 6.10 Å². The molecule has 7 heteroatoms. The number of aliphatic imine (C=N–C) groups is 1. The fraction of sp³-hybridized carbons (Fsp3) is 0.682. The lowest BCUT2D eigenvalue weighted by Crippen LogP contribution is -2.47. The smallest absolute Gasteiger partial charge is 0.193 e. The van der Waals surface area contributed by atoms with E-state index in [1.165, 1.54) is 5.56 Å². The summed E-state index contributed by atoms with van der Waals surface area (Å²) in [5.74, 6) is 1.91. The summed E-state index contributed by atoms with van der Waals surface area (Å²) in [5, 5.41) is 3.50. The fourth-order valence-corrected chi connectivity index (χ4v) is 3.35. The zero-order valence-electron chi connectivity index (χ0n) is 18.4. The highest BCUT2D eigenvalue weighted by Gasteiger charge is 2.21. The highest BCUT2D eigenvalue weighted by atomic mass is 127. The van der Waals surface area contributed by atoms with Crippen LogP contribution in [0.4, 0.5) is 0 Å². The maximum Gasteiger partial charge on any atom is 0.193 e. The Kier molecular flexibility index (Phi) is 13.3. The average Bonchev–Trinajstić information content (AvgIpc) is 2.70. The van der Waals surface area contributed by atoms with Gasteiger partial charge in [0, 0.05) is 47.0 Å². The van der Waals surface area contributed by atoms with E-state index in [2.05, 4.69) is 27.3 Å². The second-order valence-corrected chi connectivity index (χ2v) is 7.44. The van der Waals surface area contributed by atoms with Gasteiger partial charge in [-0.3, -0.25) is 4.99 Å². The molecule has 166 valence electrons. The summed E-state index contributed by atoms with van der Waals surface area (Å²) in [7, 11) is 3.58. The van der Waals surface area contributed by atoms with E-state index in [9.17, 15) is 0 Å². The van der Waals surface area contributed by atoms with Crippen LogP contribution in [-0.2, 0) is 15.9 Å². The second-order valence-electron chi connectivity index (χ2n) is 7.44. The molecule has 2 rings (SSSR count). The predicted octanol–water partition coefficient (Wildman–Crippen LogP) is 3.73. The number of nitrogens with one attached hydrogen (secondary N) is 1. The molecule has 0 saturated carbocycles. The number of halogens is 1. The van der Waals surface area contributed by atoms with Crippen molar-refractivity contribution < 1.29 is 14.2 Å². The minimum absolute atomic E-state index is 0. The third-order valence-corrected chi connectivity index (χ3v) is 4.79. The number of rotatable bonds is 10. The van der Waals surface area contributed by atoms with Crippen LogP contribution < -0.4 is 10.1 Å². The maximum absolute atomic E-state index is 5.94. The van der Waals surface area contributed by atoms with Crippen LogP contribution in [0.5, 0.6) is 5.75 Å². The van der Waals surface area contributed by atoms with Gasteiger partial charge in [0.1, 0.15) is 5.75 Å². The fourth-order valence-electron chi connectivity index (χ4n) is 3.35. The van der Waals surface area contributed by atoms with Gasteiger partial charge in [0.2, 0.25) is 0 Å².